The van der Waals surface area contributed by atoms with Crippen molar-refractivity contribution in [3.63, 3.8) is 0 Å². The fourth-order valence-electron chi connectivity index (χ4n) is 4.37. The molecule has 1 aromatic carbocycles. The molecule has 1 aliphatic heterocycles. The minimum Gasteiger partial charge on any atom is -0.389 e. The fraction of sp³-hybridized carbons (Fsp3) is 0.417. The Morgan fingerprint density at radius 3 is 2.84 bits per heavy atom. The summed E-state index contributed by atoms with van der Waals surface area (Å²) in [6, 6.07) is 10.3. The maximum atomic E-state index is 9.96. The number of aliphatic hydroxyl groups is 1. The minimum absolute atomic E-state index is 0.481. The van der Waals surface area contributed by atoms with Gasteiger partial charge in [-0.3, -0.25) is 4.40 Å². The van der Waals surface area contributed by atoms with E-state index in [1.54, 1.807) is 18.3 Å². The minimum atomic E-state index is -0.481. The Morgan fingerprint density at radius 2 is 2.03 bits per heavy atom. The lowest BCUT2D eigenvalue weighted by Crippen LogP contribution is -2.33. The van der Waals surface area contributed by atoms with E-state index in [0.717, 1.165) is 56.6 Å². The van der Waals surface area contributed by atoms with Gasteiger partial charge in [-0.15, -0.1) is 11.3 Å². The zero-order valence-corrected chi connectivity index (χ0v) is 19.0. The predicted molar refractivity (Wildman–Crippen MR) is 128 cm³/mol. The van der Waals surface area contributed by atoms with Crippen LogP contribution in [0.5, 0.6) is 0 Å². The molecule has 2 N–H and O–H groups in total. The maximum Gasteiger partial charge on any atom is 0.181 e. The Balaban J connectivity index is 1.48. The molecular formula is C24H29N5OS. The highest BCUT2D eigenvalue weighted by molar-refractivity contribution is 7.21. The Bertz CT molecular complexity index is 1210. The Kier molecular flexibility index (Phi) is 5.65. The van der Waals surface area contributed by atoms with Gasteiger partial charge < -0.3 is 15.3 Å². The summed E-state index contributed by atoms with van der Waals surface area (Å²) in [6.45, 7) is 8.19. The Labute approximate surface area is 186 Å². The molecule has 1 fully saturated rings. The second-order valence-corrected chi connectivity index (χ2v) is 9.48. The van der Waals surface area contributed by atoms with Crippen molar-refractivity contribution in [1.29, 1.82) is 0 Å². The molecule has 1 atom stereocenters. The number of hydrogen-bond acceptors (Lipinski definition) is 6. The highest BCUT2D eigenvalue weighted by atomic mass is 32.1. The van der Waals surface area contributed by atoms with E-state index in [2.05, 4.69) is 44.7 Å². The molecule has 4 aromatic rings. The van der Waals surface area contributed by atoms with E-state index in [9.17, 15) is 5.11 Å². The summed E-state index contributed by atoms with van der Waals surface area (Å²) >= 11 is 1.72. The zero-order chi connectivity index (χ0) is 21.4. The molecule has 3 aromatic heterocycles. The maximum absolute atomic E-state index is 9.96. The van der Waals surface area contributed by atoms with Crippen LogP contribution in [0.4, 0.5) is 5.82 Å². The second kappa shape index (κ2) is 8.57. The number of benzene rings is 1. The number of imidazole rings is 1. The van der Waals surface area contributed by atoms with Gasteiger partial charge in [0.1, 0.15) is 10.3 Å². The zero-order valence-electron chi connectivity index (χ0n) is 18.1. The van der Waals surface area contributed by atoms with Crippen molar-refractivity contribution < 1.29 is 5.11 Å². The van der Waals surface area contributed by atoms with E-state index in [0.29, 0.717) is 0 Å². The molecule has 6 nitrogen and oxygen atoms in total. The van der Waals surface area contributed by atoms with Gasteiger partial charge in [-0.25, -0.2) is 9.97 Å². The molecule has 1 unspecified atom stereocenters. The van der Waals surface area contributed by atoms with Crippen molar-refractivity contribution in [1.82, 2.24) is 19.3 Å². The van der Waals surface area contributed by atoms with Crippen LogP contribution in [0.3, 0.4) is 0 Å². The topological polar surface area (TPSA) is 65.7 Å². The summed E-state index contributed by atoms with van der Waals surface area (Å²) in [5.41, 5.74) is 4.98. The molecule has 0 amide bonds. The summed E-state index contributed by atoms with van der Waals surface area (Å²) < 4.78 is 2.21. The van der Waals surface area contributed by atoms with E-state index in [4.69, 9.17) is 4.98 Å². The van der Waals surface area contributed by atoms with E-state index in [1.807, 2.05) is 18.3 Å². The van der Waals surface area contributed by atoms with Gasteiger partial charge in [0.2, 0.25) is 0 Å². The first-order chi connectivity index (χ1) is 15.1. The summed E-state index contributed by atoms with van der Waals surface area (Å²) in [4.78, 5) is 14.4. The van der Waals surface area contributed by atoms with Gasteiger partial charge in [0, 0.05) is 29.9 Å². The van der Waals surface area contributed by atoms with Crippen LogP contribution >= 0.6 is 11.3 Å². The van der Waals surface area contributed by atoms with E-state index >= 15 is 0 Å². The lowest BCUT2D eigenvalue weighted by Gasteiger charge is -2.26. The van der Waals surface area contributed by atoms with Crippen molar-refractivity contribution in [2.45, 2.75) is 39.2 Å². The molecule has 0 bridgehead atoms. The summed E-state index contributed by atoms with van der Waals surface area (Å²) in [7, 11) is 0. The molecule has 0 aliphatic carbocycles. The molecule has 0 radical (unpaired) electrons. The van der Waals surface area contributed by atoms with Crippen LogP contribution in [-0.4, -0.2) is 50.6 Å². The summed E-state index contributed by atoms with van der Waals surface area (Å²) in [5, 5.41) is 13.5. The molecule has 162 valence electrons. The van der Waals surface area contributed by atoms with Gasteiger partial charge >= 0.3 is 0 Å². The number of piperidine rings is 1. The molecule has 1 saturated heterocycles. The average molecular weight is 436 g/mol. The monoisotopic (exact) mass is 435 g/mol. The van der Waals surface area contributed by atoms with E-state index in [1.165, 1.54) is 32.4 Å². The predicted octanol–water partition coefficient (Wildman–Crippen LogP) is 4.87. The number of rotatable bonds is 6. The molecule has 4 heterocycles. The third-order valence-corrected chi connectivity index (χ3v) is 7.26. The Hall–Kier alpha value is -2.48. The van der Waals surface area contributed by atoms with Crippen molar-refractivity contribution >= 4 is 33.1 Å². The van der Waals surface area contributed by atoms with Gasteiger partial charge in [0.15, 0.2) is 11.5 Å². The van der Waals surface area contributed by atoms with Crippen molar-refractivity contribution in [2.75, 3.05) is 31.5 Å². The molecule has 0 saturated carbocycles. The number of nitrogens with one attached hydrogen (secondary N) is 1. The van der Waals surface area contributed by atoms with Crippen LogP contribution in [0.25, 0.3) is 26.4 Å². The molecule has 7 heteroatoms. The van der Waals surface area contributed by atoms with Crippen LogP contribution in [0.1, 0.15) is 43.5 Å². The lowest BCUT2D eigenvalue weighted by molar-refractivity contribution is 0.199. The number of aryl methyl sites for hydroxylation is 1. The first-order valence-corrected chi connectivity index (χ1v) is 11.9. The highest BCUT2D eigenvalue weighted by Gasteiger charge is 2.16. The van der Waals surface area contributed by atoms with E-state index in [-0.39, 0.29) is 0 Å². The SMILES string of the molecule is Cc1cnc2c(NCCN3CCCCC3)nc3cc(-c4cccc(C(C)O)c4)sc3n12. The van der Waals surface area contributed by atoms with Gasteiger partial charge in [-0.2, -0.15) is 0 Å². The van der Waals surface area contributed by atoms with Crippen LogP contribution < -0.4 is 5.32 Å². The largest absolute Gasteiger partial charge is 0.389 e. The first kappa shape index (κ1) is 20.4. The first-order valence-electron chi connectivity index (χ1n) is 11.1. The van der Waals surface area contributed by atoms with Gasteiger partial charge in [-0.1, -0.05) is 24.6 Å². The summed E-state index contributed by atoms with van der Waals surface area (Å²) in [5.74, 6) is 0.847. The van der Waals surface area contributed by atoms with E-state index < -0.39 is 6.10 Å². The standard InChI is InChI=1S/C24H29N5OS/c1-16-15-26-23-22(25-9-12-28-10-4-3-5-11-28)27-20-14-21(31-24(20)29(16)23)19-8-6-7-18(13-19)17(2)30/h6-8,13-15,17,30H,3-5,9-12H2,1-2H3,(H,25,27). The molecule has 1 aliphatic rings. The van der Waals surface area contributed by atoms with Crippen LogP contribution in [0.15, 0.2) is 36.5 Å². The number of aromatic nitrogens is 3. The number of fused-ring (bicyclic) bond motifs is 3. The number of hydrogen-bond donors (Lipinski definition) is 2. The number of aliphatic hydroxyl groups excluding tert-OH is 1. The van der Waals surface area contributed by atoms with Gasteiger partial charge in [0.05, 0.1) is 6.10 Å². The molecule has 0 spiro atoms. The highest BCUT2D eigenvalue weighted by Crippen LogP contribution is 2.36. The van der Waals surface area contributed by atoms with Crippen LogP contribution in [-0.2, 0) is 0 Å². The molecule has 31 heavy (non-hydrogen) atoms. The molecular weight excluding hydrogens is 406 g/mol. The third kappa shape index (κ3) is 4.05. The van der Waals surface area contributed by atoms with Crippen LogP contribution in [0.2, 0.25) is 0 Å². The van der Waals surface area contributed by atoms with Crippen LogP contribution in [0, 0.1) is 6.92 Å². The quantitative estimate of drug-likeness (QED) is 0.452. The fourth-order valence-corrected chi connectivity index (χ4v) is 5.53. The van der Waals surface area contributed by atoms with Gasteiger partial charge in [-0.05, 0) is 63.0 Å². The summed E-state index contributed by atoms with van der Waals surface area (Å²) in [6.07, 6.45) is 5.41. The number of thiophene rings is 1. The normalized spacial score (nSPS) is 16.2. The van der Waals surface area contributed by atoms with Crippen molar-refractivity contribution in [2.24, 2.45) is 0 Å². The third-order valence-electron chi connectivity index (χ3n) is 6.10. The lowest BCUT2D eigenvalue weighted by atomic mass is 10.1. The average Bonchev–Trinajstić information content (AvgIpc) is 3.38. The Morgan fingerprint density at radius 1 is 1.19 bits per heavy atom. The molecule has 5 rings (SSSR count). The number of nitrogens with zero attached hydrogens (tertiary/aromatic N) is 4. The second-order valence-electron chi connectivity index (χ2n) is 8.45. The van der Waals surface area contributed by atoms with Crippen molar-refractivity contribution in [3.8, 4) is 10.4 Å². The smallest absolute Gasteiger partial charge is 0.181 e. The number of likely N-dealkylation sites (tertiary alicyclic amines) is 1. The van der Waals surface area contributed by atoms with Crippen molar-refractivity contribution in [3.05, 3.63) is 47.8 Å². The van der Waals surface area contributed by atoms with Gasteiger partial charge in [0.25, 0.3) is 0 Å². The number of anilines is 1.